The van der Waals surface area contributed by atoms with Crippen LogP contribution in [0, 0.1) is 20.8 Å². The molecule has 20 heavy (non-hydrogen) atoms. The van der Waals surface area contributed by atoms with Gasteiger partial charge in [0.15, 0.2) is 0 Å². The fourth-order valence-corrected chi connectivity index (χ4v) is 2.56. The molecule has 0 aliphatic rings. The first-order chi connectivity index (χ1) is 9.63. The highest BCUT2D eigenvalue weighted by molar-refractivity contribution is 5.41. The van der Waals surface area contributed by atoms with Crippen molar-refractivity contribution in [2.24, 2.45) is 0 Å². The summed E-state index contributed by atoms with van der Waals surface area (Å²) in [6.07, 6.45) is 4.96. The summed E-state index contributed by atoms with van der Waals surface area (Å²) in [5.74, 6) is 0. The number of nitrogens with one attached hydrogen (secondary N) is 1. The molecule has 106 valence electrons. The van der Waals surface area contributed by atoms with E-state index in [1.54, 1.807) is 0 Å². The zero-order chi connectivity index (χ0) is 14.5. The van der Waals surface area contributed by atoms with Gasteiger partial charge in [-0.2, -0.15) is 0 Å². The summed E-state index contributed by atoms with van der Waals surface area (Å²) in [5.41, 5.74) is 6.57. The zero-order valence-electron chi connectivity index (χ0n) is 12.9. The average Bonchev–Trinajstić information content (AvgIpc) is 2.44. The molecule has 0 spiro atoms. The summed E-state index contributed by atoms with van der Waals surface area (Å²) in [6.45, 7) is 9.69. The highest BCUT2D eigenvalue weighted by Gasteiger charge is 2.17. The first kappa shape index (κ1) is 14.7. The van der Waals surface area contributed by atoms with Gasteiger partial charge in [0.05, 0.1) is 6.04 Å². The molecule has 0 saturated carbocycles. The van der Waals surface area contributed by atoms with Crippen molar-refractivity contribution in [3.8, 4) is 0 Å². The molecule has 0 aliphatic heterocycles. The second kappa shape index (κ2) is 6.67. The summed E-state index contributed by atoms with van der Waals surface area (Å²) in [6, 6.07) is 9.06. The molecule has 1 heterocycles. The third kappa shape index (κ3) is 3.26. The molecule has 2 rings (SSSR count). The topological polar surface area (TPSA) is 24.9 Å². The van der Waals surface area contributed by atoms with E-state index in [2.05, 4.69) is 62.3 Å². The Hall–Kier alpha value is -1.67. The molecule has 2 heteroatoms. The van der Waals surface area contributed by atoms with Gasteiger partial charge in [0.25, 0.3) is 0 Å². The molecule has 0 bridgehead atoms. The van der Waals surface area contributed by atoms with Gasteiger partial charge < -0.3 is 5.32 Å². The maximum absolute atomic E-state index is 4.21. The van der Waals surface area contributed by atoms with Gasteiger partial charge in [0.1, 0.15) is 0 Å². The Kier molecular flexibility index (Phi) is 4.91. The molecule has 1 N–H and O–H groups in total. The van der Waals surface area contributed by atoms with Crippen molar-refractivity contribution >= 4 is 0 Å². The Morgan fingerprint density at radius 3 is 2.55 bits per heavy atom. The molecule has 0 saturated heterocycles. The Morgan fingerprint density at radius 2 is 1.85 bits per heavy atom. The Bertz CT molecular complexity index is 575. The van der Waals surface area contributed by atoms with Crippen molar-refractivity contribution in [2.45, 2.75) is 40.2 Å². The van der Waals surface area contributed by atoms with Crippen LogP contribution in [-0.2, 0) is 0 Å². The lowest BCUT2D eigenvalue weighted by molar-refractivity contribution is 0.593. The van der Waals surface area contributed by atoms with E-state index in [4.69, 9.17) is 0 Å². The number of benzene rings is 1. The van der Waals surface area contributed by atoms with Gasteiger partial charge in [-0.1, -0.05) is 30.7 Å². The van der Waals surface area contributed by atoms with Crippen molar-refractivity contribution in [1.82, 2.24) is 10.3 Å². The molecule has 2 aromatic rings. The van der Waals surface area contributed by atoms with Gasteiger partial charge in [0, 0.05) is 12.4 Å². The monoisotopic (exact) mass is 268 g/mol. The molecule has 0 fully saturated rings. The standard InChI is InChI=1S/C18H24N2/c1-5-9-20-18(16-8-10-19-12-15(16)4)17-11-13(2)6-7-14(17)3/h6-8,10-12,18,20H,5,9H2,1-4H3. The maximum atomic E-state index is 4.21. The lowest BCUT2D eigenvalue weighted by atomic mass is 9.92. The zero-order valence-corrected chi connectivity index (χ0v) is 12.9. The van der Waals surface area contributed by atoms with Gasteiger partial charge in [0.2, 0.25) is 0 Å². The van der Waals surface area contributed by atoms with Crippen LogP contribution in [-0.4, -0.2) is 11.5 Å². The number of aromatic nitrogens is 1. The minimum absolute atomic E-state index is 0.248. The lowest BCUT2D eigenvalue weighted by Crippen LogP contribution is -2.24. The lowest BCUT2D eigenvalue weighted by Gasteiger charge is -2.23. The highest BCUT2D eigenvalue weighted by atomic mass is 14.9. The van der Waals surface area contributed by atoms with E-state index in [0.717, 1.165) is 13.0 Å². The molecule has 1 aromatic heterocycles. The molecule has 1 unspecified atom stereocenters. The van der Waals surface area contributed by atoms with Crippen LogP contribution >= 0.6 is 0 Å². The minimum atomic E-state index is 0.248. The Morgan fingerprint density at radius 1 is 1.05 bits per heavy atom. The van der Waals surface area contributed by atoms with Gasteiger partial charge in [-0.15, -0.1) is 0 Å². The predicted octanol–water partition coefficient (Wildman–Crippen LogP) is 4.10. The van der Waals surface area contributed by atoms with Crippen LogP contribution in [0.3, 0.4) is 0 Å². The van der Waals surface area contributed by atoms with Crippen LogP contribution in [0.4, 0.5) is 0 Å². The molecule has 0 aliphatic carbocycles. The molecule has 1 atom stereocenters. The second-order valence-corrected chi connectivity index (χ2v) is 5.48. The first-order valence-electron chi connectivity index (χ1n) is 7.34. The number of pyridine rings is 1. The van der Waals surface area contributed by atoms with E-state index in [1.165, 1.54) is 27.8 Å². The van der Waals surface area contributed by atoms with E-state index < -0.39 is 0 Å². The summed E-state index contributed by atoms with van der Waals surface area (Å²) < 4.78 is 0. The molecular weight excluding hydrogens is 244 g/mol. The number of rotatable bonds is 5. The van der Waals surface area contributed by atoms with Crippen molar-refractivity contribution in [2.75, 3.05) is 6.54 Å². The fourth-order valence-electron chi connectivity index (χ4n) is 2.56. The quantitative estimate of drug-likeness (QED) is 0.883. The van der Waals surface area contributed by atoms with E-state index in [-0.39, 0.29) is 6.04 Å². The Labute approximate surface area is 122 Å². The number of hydrogen-bond acceptors (Lipinski definition) is 2. The van der Waals surface area contributed by atoms with Crippen LogP contribution in [0.5, 0.6) is 0 Å². The van der Waals surface area contributed by atoms with E-state index >= 15 is 0 Å². The van der Waals surface area contributed by atoms with Gasteiger partial charge >= 0.3 is 0 Å². The number of hydrogen-bond donors (Lipinski definition) is 1. The van der Waals surface area contributed by atoms with Crippen LogP contribution in [0.15, 0.2) is 36.7 Å². The SMILES string of the molecule is CCCNC(c1ccncc1C)c1cc(C)ccc1C. The van der Waals surface area contributed by atoms with Crippen molar-refractivity contribution in [3.05, 3.63) is 64.5 Å². The van der Waals surface area contributed by atoms with Gasteiger partial charge in [-0.25, -0.2) is 0 Å². The van der Waals surface area contributed by atoms with Crippen LogP contribution in [0.25, 0.3) is 0 Å². The molecular formula is C18H24N2. The fraction of sp³-hybridized carbons (Fsp3) is 0.389. The average molecular weight is 268 g/mol. The second-order valence-electron chi connectivity index (χ2n) is 5.48. The normalized spacial score (nSPS) is 12.4. The molecule has 1 aromatic carbocycles. The highest BCUT2D eigenvalue weighted by Crippen LogP contribution is 2.27. The number of nitrogens with zero attached hydrogens (tertiary/aromatic N) is 1. The van der Waals surface area contributed by atoms with Crippen molar-refractivity contribution in [3.63, 3.8) is 0 Å². The maximum Gasteiger partial charge on any atom is 0.0583 e. The van der Waals surface area contributed by atoms with E-state index in [1.807, 2.05) is 12.4 Å². The van der Waals surface area contributed by atoms with Crippen molar-refractivity contribution in [1.29, 1.82) is 0 Å². The largest absolute Gasteiger partial charge is 0.306 e. The summed E-state index contributed by atoms with van der Waals surface area (Å²) in [5, 5.41) is 3.68. The Balaban J connectivity index is 2.47. The summed E-state index contributed by atoms with van der Waals surface area (Å²) >= 11 is 0. The molecule has 0 radical (unpaired) electrons. The van der Waals surface area contributed by atoms with Gasteiger partial charge in [-0.3, -0.25) is 4.98 Å². The molecule has 2 nitrogen and oxygen atoms in total. The smallest absolute Gasteiger partial charge is 0.0583 e. The van der Waals surface area contributed by atoms with Gasteiger partial charge in [-0.05, 0) is 62.1 Å². The third-order valence-electron chi connectivity index (χ3n) is 3.72. The van der Waals surface area contributed by atoms with Crippen LogP contribution in [0.1, 0.15) is 47.2 Å². The number of aryl methyl sites for hydroxylation is 3. The predicted molar refractivity (Wildman–Crippen MR) is 85.0 cm³/mol. The molecule has 0 amide bonds. The van der Waals surface area contributed by atoms with Crippen LogP contribution < -0.4 is 5.32 Å². The first-order valence-corrected chi connectivity index (χ1v) is 7.34. The minimum Gasteiger partial charge on any atom is -0.306 e. The van der Waals surface area contributed by atoms with Crippen molar-refractivity contribution < 1.29 is 0 Å². The third-order valence-corrected chi connectivity index (χ3v) is 3.72. The van der Waals surface area contributed by atoms with Crippen LogP contribution in [0.2, 0.25) is 0 Å². The van der Waals surface area contributed by atoms with E-state index in [0.29, 0.717) is 0 Å². The summed E-state index contributed by atoms with van der Waals surface area (Å²) in [4.78, 5) is 4.21. The van der Waals surface area contributed by atoms with E-state index in [9.17, 15) is 0 Å². The summed E-state index contributed by atoms with van der Waals surface area (Å²) in [7, 11) is 0.